The van der Waals surface area contributed by atoms with Gasteiger partial charge in [-0.15, -0.1) is 0 Å². The standard InChI is InChI=1S/C22H20ClN3O2/c1-13(2)28-22(27)26-10-9-17-18-11-16(23)7-8-19(18)25-20(17)21(26)15-5-3-14(12-24)4-6-15/h3-8,11,13,21,25H,9-10H2,1-2H3. The number of hydrogen-bond donors (Lipinski definition) is 1. The number of nitrogens with zero attached hydrogens (tertiary/aromatic N) is 2. The summed E-state index contributed by atoms with van der Waals surface area (Å²) in [5.74, 6) is 0. The molecule has 1 aromatic heterocycles. The summed E-state index contributed by atoms with van der Waals surface area (Å²) in [6.45, 7) is 4.23. The molecule has 28 heavy (non-hydrogen) atoms. The summed E-state index contributed by atoms with van der Waals surface area (Å²) < 4.78 is 5.49. The fourth-order valence-corrected chi connectivity index (χ4v) is 3.99. The zero-order valence-corrected chi connectivity index (χ0v) is 16.5. The van der Waals surface area contributed by atoms with Crippen LogP contribution in [-0.2, 0) is 11.2 Å². The average Bonchev–Trinajstić information content (AvgIpc) is 3.04. The summed E-state index contributed by atoms with van der Waals surface area (Å²) in [7, 11) is 0. The molecule has 0 bridgehead atoms. The van der Waals surface area contributed by atoms with E-state index in [1.807, 2.05) is 44.2 Å². The lowest BCUT2D eigenvalue weighted by atomic mass is 9.92. The van der Waals surface area contributed by atoms with E-state index in [2.05, 4.69) is 11.1 Å². The van der Waals surface area contributed by atoms with Crippen LogP contribution in [0.25, 0.3) is 10.9 Å². The van der Waals surface area contributed by atoms with E-state index in [9.17, 15) is 4.79 Å². The predicted octanol–water partition coefficient (Wildman–Crippen LogP) is 5.19. The van der Waals surface area contributed by atoms with Gasteiger partial charge in [-0.25, -0.2) is 4.79 Å². The molecular weight excluding hydrogens is 374 g/mol. The number of nitriles is 1. The Morgan fingerprint density at radius 1 is 1.29 bits per heavy atom. The molecular formula is C22H20ClN3O2. The third-order valence-electron chi connectivity index (χ3n) is 5.02. The molecule has 1 aliphatic rings. The Hall–Kier alpha value is -2.97. The topological polar surface area (TPSA) is 69.1 Å². The third-order valence-corrected chi connectivity index (χ3v) is 5.25. The molecule has 0 spiro atoms. The van der Waals surface area contributed by atoms with Crippen LogP contribution in [0.15, 0.2) is 42.5 Å². The highest BCUT2D eigenvalue weighted by Gasteiger charge is 2.35. The maximum atomic E-state index is 12.8. The summed E-state index contributed by atoms with van der Waals surface area (Å²) in [6, 6.07) is 14.9. The van der Waals surface area contributed by atoms with E-state index >= 15 is 0 Å². The Morgan fingerprint density at radius 2 is 2.04 bits per heavy atom. The lowest BCUT2D eigenvalue weighted by molar-refractivity contribution is 0.0655. The van der Waals surface area contributed by atoms with E-state index in [0.29, 0.717) is 17.1 Å². The van der Waals surface area contributed by atoms with Gasteiger partial charge in [-0.3, -0.25) is 4.90 Å². The van der Waals surface area contributed by atoms with Crippen LogP contribution in [-0.4, -0.2) is 28.6 Å². The SMILES string of the molecule is CC(C)OC(=O)N1CCc2c([nH]c3ccc(Cl)cc23)C1c1ccc(C#N)cc1. The van der Waals surface area contributed by atoms with Crippen LogP contribution in [0.1, 0.15) is 42.3 Å². The molecule has 5 nitrogen and oxygen atoms in total. The van der Waals surface area contributed by atoms with Crippen molar-refractivity contribution in [2.45, 2.75) is 32.4 Å². The number of aromatic nitrogens is 1. The molecule has 1 amide bonds. The number of carbonyl (C=O) groups excluding carboxylic acids is 1. The second-order valence-electron chi connectivity index (χ2n) is 7.22. The monoisotopic (exact) mass is 393 g/mol. The molecule has 0 aliphatic carbocycles. The molecule has 4 rings (SSSR count). The van der Waals surface area contributed by atoms with E-state index < -0.39 is 0 Å². The summed E-state index contributed by atoms with van der Waals surface area (Å²) in [5, 5.41) is 10.9. The summed E-state index contributed by atoms with van der Waals surface area (Å²) in [6.07, 6.45) is 0.180. The second kappa shape index (κ2) is 7.21. The van der Waals surface area contributed by atoms with Gasteiger partial charge in [0, 0.05) is 28.2 Å². The lowest BCUT2D eigenvalue weighted by Gasteiger charge is -2.35. The molecule has 2 aromatic carbocycles. The van der Waals surface area contributed by atoms with Crippen molar-refractivity contribution in [3.63, 3.8) is 0 Å². The maximum absolute atomic E-state index is 12.8. The summed E-state index contributed by atoms with van der Waals surface area (Å²) in [4.78, 5) is 18.0. The van der Waals surface area contributed by atoms with Gasteiger partial charge in [0.15, 0.2) is 0 Å². The second-order valence-corrected chi connectivity index (χ2v) is 7.66. The molecule has 1 N–H and O–H groups in total. The van der Waals surface area contributed by atoms with Crippen molar-refractivity contribution >= 4 is 28.6 Å². The number of hydrogen-bond acceptors (Lipinski definition) is 3. The molecule has 0 fully saturated rings. The largest absolute Gasteiger partial charge is 0.447 e. The molecule has 6 heteroatoms. The van der Waals surface area contributed by atoms with E-state index in [1.54, 1.807) is 17.0 Å². The maximum Gasteiger partial charge on any atom is 0.410 e. The number of carbonyl (C=O) groups is 1. The number of benzene rings is 2. The van der Waals surface area contributed by atoms with Crippen LogP contribution in [0.3, 0.4) is 0 Å². The molecule has 0 saturated heterocycles. The van der Waals surface area contributed by atoms with Gasteiger partial charge in [0.2, 0.25) is 0 Å². The number of halogens is 1. The molecule has 2 heterocycles. The Kier molecular flexibility index (Phi) is 4.74. The first kappa shape index (κ1) is 18.4. The molecule has 1 aliphatic heterocycles. The quantitative estimate of drug-likeness (QED) is 0.651. The van der Waals surface area contributed by atoms with E-state index in [0.717, 1.165) is 28.6 Å². The molecule has 0 radical (unpaired) electrons. The molecule has 0 saturated carbocycles. The molecule has 1 unspecified atom stereocenters. The van der Waals surface area contributed by atoms with Crippen molar-refractivity contribution < 1.29 is 9.53 Å². The first-order valence-electron chi connectivity index (χ1n) is 9.25. The molecule has 142 valence electrons. The normalized spacial score (nSPS) is 16.1. The van der Waals surface area contributed by atoms with Crippen LogP contribution in [0.2, 0.25) is 5.02 Å². The summed E-state index contributed by atoms with van der Waals surface area (Å²) >= 11 is 6.21. The number of fused-ring (bicyclic) bond motifs is 3. The van der Waals surface area contributed by atoms with Gasteiger partial charge >= 0.3 is 6.09 Å². The van der Waals surface area contributed by atoms with E-state index in [4.69, 9.17) is 21.6 Å². The van der Waals surface area contributed by atoms with Gasteiger partial charge in [-0.2, -0.15) is 5.26 Å². The Morgan fingerprint density at radius 3 is 2.71 bits per heavy atom. The Balaban J connectivity index is 1.85. The Bertz CT molecular complexity index is 1080. The van der Waals surface area contributed by atoms with Crippen molar-refractivity contribution in [2.75, 3.05) is 6.54 Å². The van der Waals surface area contributed by atoms with Gasteiger partial charge in [0.25, 0.3) is 0 Å². The highest BCUT2D eigenvalue weighted by molar-refractivity contribution is 6.31. The van der Waals surface area contributed by atoms with E-state index in [1.165, 1.54) is 5.56 Å². The van der Waals surface area contributed by atoms with Crippen LogP contribution in [0.5, 0.6) is 0 Å². The van der Waals surface area contributed by atoms with Gasteiger partial charge in [0.05, 0.1) is 17.7 Å². The number of rotatable bonds is 2. The summed E-state index contributed by atoms with van der Waals surface area (Å²) in [5.41, 5.74) is 4.64. The van der Waals surface area contributed by atoms with Gasteiger partial charge in [-0.1, -0.05) is 23.7 Å². The van der Waals surface area contributed by atoms with Crippen molar-refractivity contribution in [1.82, 2.24) is 9.88 Å². The first-order valence-corrected chi connectivity index (χ1v) is 9.63. The zero-order valence-electron chi connectivity index (χ0n) is 15.7. The van der Waals surface area contributed by atoms with Gasteiger partial charge in [0.1, 0.15) is 6.04 Å². The minimum atomic E-state index is -0.341. The lowest BCUT2D eigenvalue weighted by Crippen LogP contribution is -2.41. The van der Waals surface area contributed by atoms with Gasteiger partial charge < -0.3 is 9.72 Å². The zero-order chi connectivity index (χ0) is 19.8. The fraction of sp³-hybridized carbons (Fsp3) is 0.273. The number of H-pyrrole nitrogens is 1. The fourth-order valence-electron chi connectivity index (χ4n) is 3.81. The van der Waals surface area contributed by atoms with Crippen LogP contribution in [0, 0.1) is 11.3 Å². The van der Waals surface area contributed by atoms with E-state index in [-0.39, 0.29) is 18.2 Å². The van der Waals surface area contributed by atoms with Gasteiger partial charge in [-0.05, 0) is 61.7 Å². The molecule has 3 aromatic rings. The number of nitrogens with one attached hydrogen (secondary N) is 1. The number of aromatic amines is 1. The highest BCUT2D eigenvalue weighted by Crippen LogP contribution is 2.39. The van der Waals surface area contributed by atoms with Crippen LogP contribution < -0.4 is 0 Å². The third kappa shape index (κ3) is 3.21. The Labute approximate surface area is 168 Å². The molecule has 1 atom stereocenters. The average molecular weight is 394 g/mol. The number of amides is 1. The highest BCUT2D eigenvalue weighted by atomic mass is 35.5. The van der Waals surface area contributed by atoms with Crippen LogP contribution >= 0.6 is 11.6 Å². The smallest absolute Gasteiger partial charge is 0.410 e. The minimum absolute atomic E-state index is 0.197. The number of ether oxygens (including phenoxy) is 1. The van der Waals surface area contributed by atoms with Crippen molar-refractivity contribution in [3.05, 3.63) is 69.9 Å². The van der Waals surface area contributed by atoms with Crippen molar-refractivity contribution in [3.8, 4) is 6.07 Å². The van der Waals surface area contributed by atoms with Crippen molar-refractivity contribution in [2.24, 2.45) is 0 Å². The van der Waals surface area contributed by atoms with Crippen molar-refractivity contribution in [1.29, 1.82) is 5.26 Å². The first-order chi connectivity index (χ1) is 13.5. The minimum Gasteiger partial charge on any atom is -0.447 e. The van der Waals surface area contributed by atoms with Crippen LogP contribution in [0.4, 0.5) is 4.79 Å². The predicted molar refractivity (Wildman–Crippen MR) is 108 cm³/mol.